The molecule has 200 valence electrons. The van der Waals surface area contributed by atoms with Gasteiger partial charge in [0, 0.05) is 42.0 Å². The molecular weight excluding hydrogens is 484 g/mol. The van der Waals surface area contributed by atoms with Crippen LogP contribution in [0.4, 0.5) is 5.82 Å². The van der Waals surface area contributed by atoms with Crippen LogP contribution in [0.15, 0.2) is 65.2 Å². The molecule has 3 N–H and O–H groups in total. The molecule has 3 rings (SSSR count). The Hall–Kier alpha value is -2.94. The number of hydrogen-bond donors (Lipinski definition) is 2. The summed E-state index contributed by atoms with van der Waals surface area (Å²) in [5, 5.41) is 3.19. The first-order chi connectivity index (χ1) is 17.5. The number of hydrogen-bond acceptors (Lipinski definition) is 6. The molecule has 7 nitrogen and oxygen atoms in total. The first-order valence-corrected chi connectivity index (χ1v) is 14.1. The van der Waals surface area contributed by atoms with Gasteiger partial charge in [-0.15, -0.1) is 0 Å². The molecule has 1 aromatic heterocycles. The predicted octanol–water partition coefficient (Wildman–Crippen LogP) is 5.42. The van der Waals surface area contributed by atoms with Crippen molar-refractivity contribution in [2.45, 2.75) is 64.0 Å². The van der Waals surface area contributed by atoms with Crippen LogP contribution < -0.4 is 15.8 Å². The third-order valence-corrected chi connectivity index (χ3v) is 8.34. The molecule has 2 aromatic rings. The summed E-state index contributed by atoms with van der Waals surface area (Å²) >= 11 is 0. The van der Waals surface area contributed by atoms with Crippen molar-refractivity contribution < 1.29 is 13.2 Å². The van der Waals surface area contributed by atoms with E-state index in [0.717, 1.165) is 48.1 Å². The number of anilines is 1. The van der Waals surface area contributed by atoms with Gasteiger partial charge in [-0.3, -0.25) is 0 Å². The lowest BCUT2D eigenvalue weighted by Crippen LogP contribution is -2.29. The van der Waals surface area contributed by atoms with Crippen LogP contribution in [0.5, 0.6) is 5.75 Å². The minimum atomic E-state index is -3.61. The summed E-state index contributed by atoms with van der Waals surface area (Å²) in [5.74, 6) is 0.883. The fraction of sp³-hybridized carbons (Fsp3) is 0.414. The zero-order valence-corrected chi connectivity index (χ0v) is 23.7. The average molecular weight is 525 g/mol. The van der Waals surface area contributed by atoms with E-state index < -0.39 is 10.0 Å². The van der Waals surface area contributed by atoms with E-state index in [9.17, 15) is 8.42 Å². The Kier molecular flexibility index (Phi) is 9.34. The van der Waals surface area contributed by atoms with Gasteiger partial charge in [0.05, 0.1) is 11.0 Å². The molecule has 1 aromatic carbocycles. The van der Waals surface area contributed by atoms with Crippen molar-refractivity contribution in [2.75, 3.05) is 26.4 Å². The van der Waals surface area contributed by atoms with Gasteiger partial charge in [-0.2, -0.15) is 4.31 Å². The Balaban J connectivity index is 2.10. The standard InChI is InChI=1S/C29H40N4O3S/c1-8-21(15-22(19(2)3)13-14-31-6)27-16-23(18-32-29(27)30)26-12-11-25(17-28(26)36-20(4)5)37(34,35)33(7)24-9-10-24/h8,11-12,15-18,20,24,31H,1,9-10,13-14H2,2-7H3,(H2,30,32)/b21-15+. The van der Waals surface area contributed by atoms with Crippen LogP contribution in [0, 0.1) is 0 Å². The smallest absolute Gasteiger partial charge is 0.243 e. The van der Waals surface area contributed by atoms with E-state index in [1.165, 1.54) is 15.5 Å². The molecule has 1 aliphatic rings. The Morgan fingerprint density at radius 1 is 1.30 bits per heavy atom. The molecule has 37 heavy (non-hydrogen) atoms. The van der Waals surface area contributed by atoms with Gasteiger partial charge in [0.2, 0.25) is 10.0 Å². The molecular formula is C29H40N4O3S. The number of nitrogens with two attached hydrogens (primary N) is 1. The number of sulfonamides is 1. The molecule has 1 fully saturated rings. The number of nitrogens with one attached hydrogen (secondary N) is 1. The highest BCUT2D eigenvalue weighted by atomic mass is 32.2. The SMILES string of the molecule is C=C/C(=C\C(CCNC)=C(C)C)c1cc(-c2ccc(S(=O)(=O)N(C)C3CC3)cc2OC(C)C)cnc1N. The molecule has 1 heterocycles. The van der Waals surface area contributed by atoms with Crippen molar-refractivity contribution in [3.8, 4) is 16.9 Å². The minimum absolute atomic E-state index is 0.0749. The number of rotatable bonds is 12. The third-order valence-electron chi connectivity index (χ3n) is 6.43. The van der Waals surface area contributed by atoms with E-state index in [2.05, 4.69) is 36.8 Å². The largest absolute Gasteiger partial charge is 0.490 e. The first-order valence-electron chi connectivity index (χ1n) is 12.7. The summed E-state index contributed by atoms with van der Waals surface area (Å²) in [6.45, 7) is 12.9. The summed E-state index contributed by atoms with van der Waals surface area (Å²) in [6.07, 6.45) is 8.10. The lowest BCUT2D eigenvalue weighted by atomic mass is 9.97. The first kappa shape index (κ1) is 28.6. The highest BCUT2D eigenvalue weighted by Gasteiger charge is 2.35. The summed E-state index contributed by atoms with van der Waals surface area (Å²) < 4.78 is 33.9. The third kappa shape index (κ3) is 6.89. The monoisotopic (exact) mass is 524 g/mol. The maximum atomic E-state index is 13.2. The number of aromatic nitrogens is 1. The van der Waals surface area contributed by atoms with Crippen molar-refractivity contribution in [2.24, 2.45) is 0 Å². The van der Waals surface area contributed by atoms with Gasteiger partial charge in [-0.05, 0) is 89.9 Å². The molecule has 0 bridgehead atoms. The van der Waals surface area contributed by atoms with Gasteiger partial charge in [-0.1, -0.05) is 24.3 Å². The van der Waals surface area contributed by atoms with E-state index in [1.807, 2.05) is 27.0 Å². The quantitative estimate of drug-likeness (QED) is 0.360. The van der Waals surface area contributed by atoms with E-state index in [4.69, 9.17) is 10.5 Å². The van der Waals surface area contributed by atoms with E-state index in [1.54, 1.807) is 37.5 Å². The number of nitrogens with zero attached hydrogens (tertiary/aromatic N) is 2. The van der Waals surface area contributed by atoms with Crippen LogP contribution in [-0.2, 0) is 10.0 Å². The summed E-state index contributed by atoms with van der Waals surface area (Å²) in [7, 11) is -0.0362. The van der Waals surface area contributed by atoms with E-state index in [0.29, 0.717) is 11.6 Å². The lowest BCUT2D eigenvalue weighted by molar-refractivity contribution is 0.243. The Morgan fingerprint density at radius 3 is 2.57 bits per heavy atom. The van der Waals surface area contributed by atoms with Crippen molar-refractivity contribution >= 4 is 21.4 Å². The van der Waals surface area contributed by atoms with Crippen LogP contribution >= 0.6 is 0 Å². The molecule has 0 radical (unpaired) electrons. The van der Waals surface area contributed by atoms with E-state index in [-0.39, 0.29) is 17.0 Å². The fourth-order valence-corrected chi connectivity index (χ4v) is 5.50. The second kappa shape index (κ2) is 12.1. The second-order valence-corrected chi connectivity index (χ2v) is 11.9. The van der Waals surface area contributed by atoms with Gasteiger partial charge in [0.1, 0.15) is 11.6 Å². The molecule has 0 unspecified atom stereocenters. The van der Waals surface area contributed by atoms with E-state index >= 15 is 0 Å². The maximum absolute atomic E-state index is 13.2. The summed E-state index contributed by atoms with van der Waals surface area (Å²) in [5.41, 5.74) is 11.9. The Morgan fingerprint density at radius 2 is 2.00 bits per heavy atom. The second-order valence-electron chi connectivity index (χ2n) is 9.92. The van der Waals surface area contributed by atoms with Gasteiger partial charge in [0.25, 0.3) is 0 Å². The highest BCUT2D eigenvalue weighted by molar-refractivity contribution is 7.89. The topological polar surface area (TPSA) is 97.5 Å². The number of benzene rings is 1. The van der Waals surface area contributed by atoms with Crippen LogP contribution in [0.3, 0.4) is 0 Å². The number of nitrogen functional groups attached to an aromatic ring is 1. The van der Waals surface area contributed by atoms with Gasteiger partial charge in [0.15, 0.2) is 0 Å². The van der Waals surface area contributed by atoms with Gasteiger partial charge in [-0.25, -0.2) is 13.4 Å². The van der Waals surface area contributed by atoms with Gasteiger partial charge >= 0.3 is 0 Å². The van der Waals surface area contributed by atoms with Gasteiger partial charge < -0.3 is 15.8 Å². The molecule has 0 atom stereocenters. The van der Waals surface area contributed by atoms with Crippen LogP contribution in [0.1, 0.15) is 52.5 Å². The maximum Gasteiger partial charge on any atom is 0.243 e. The minimum Gasteiger partial charge on any atom is -0.490 e. The average Bonchev–Trinajstić information content (AvgIpc) is 3.69. The highest BCUT2D eigenvalue weighted by Crippen LogP contribution is 2.37. The Labute approximate surface area is 222 Å². The molecule has 0 spiro atoms. The van der Waals surface area contributed by atoms with Crippen LogP contribution in [-0.4, -0.2) is 50.5 Å². The Bertz CT molecular complexity index is 1300. The summed E-state index contributed by atoms with van der Waals surface area (Å²) in [6, 6.07) is 7.07. The molecule has 1 aliphatic carbocycles. The zero-order chi connectivity index (χ0) is 27.3. The van der Waals surface area contributed by atoms with Crippen LogP contribution in [0.2, 0.25) is 0 Å². The summed E-state index contributed by atoms with van der Waals surface area (Å²) in [4.78, 5) is 4.69. The molecule has 0 aliphatic heterocycles. The van der Waals surface area contributed by atoms with Crippen molar-refractivity contribution in [3.63, 3.8) is 0 Å². The zero-order valence-electron chi connectivity index (χ0n) is 22.8. The van der Waals surface area contributed by atoms with Crippen LogP contribution in [0.25, 0.3) is 16.7 Å². The normalized spacial score (nSPS) is 14.2. The number of pyridine rings is 1. The molecule has 1 saturated carbocycles. The molecule has 8 heteroatoms. The predicted molar refractivity (Wildman–Crippen MR) is 153 cm³/mol. The van der Waals surface area contributed by atoms with Crippen molar-refractivity contribution in [1.29, 1.82) is 0 Å². The number of allylic oxidation sites excluding steroid dienone is 4. The van der Waals surface area contributed by atoms with Crippen molar-refractivity contribution in [3.05, 3.63) is 65.9 Å². The fourth-order valence-electron chi connectivity index (χ4n) is 4.07. The van der Waals surface area contributed by atoms with Crippen molar-refractivity contribution in [1.82, 2.24) is 14.6 Å². The molecule has 0 saturated heterocycles. The molecule has 0 amide bonds. The number of ether oxygens (including phenoxy) is 1. The lowest BCUT2D eigenvalue weighted by Gasteiger charge is -2.20.